The van der Waals surface area contributed by atoms with E-state index in [9.17, 15) is 29.4 Å². The van der Waals surface area contributed by atoms with Crippen molar-refractivity contribution in [2.45, 2.75) is 0 Å². The number of nitrogens with zero attached hydrogens (tertiary/aromatic N) is 2. The fourth-order valence-corrected chi connectivity index (χ4v) is 1.46. The van der Waals surface area contributed by atoms with Crippen molar-refractivity contribution in [3.05, 3.63) is 0 Å². The molecule has 10 nitrogen and oxygen atoms in total. The maximum Gasteiger partial charge on any atom is 0.317 e. The van der Waals surface area contributed by atoms with E-state index < -0.39 is 50.1 Å². The van der Waals surface area contributed by atoms with Gasteiger partial charge in [0.15, 0.2) is 0 Å². The standard InChI is InChI=1S/C10H16N2O8.Cd/c13-7(14)3-11(4-8(15)16)1-2-12(5-9(17)18)6-10(19)20;/h1-6H2,(H,13,14)(H,15,16)(H,17,18)(H,19,20);/p-2. The maximum atomic E-state index is 10.5. The second kappa shape index (κ2) is 11.4. The fourth-order valence-electron chi connectivity index (χ4n) is 1.46. The molecule has 0 unspecified atom stereocenters. The molecule has 2 N–H and O–H groups in total. The predicted molar refractivity (Wildman–Crippen MR) is 58.2 cm³/mol. The van der Waals surface area contributed by atoms with Crippen molar-refractivity contribution in [2.24, 2.45) is 0 Å². The van der Waals surface area contributed by atoms with Crippen LogP contribution >= 0.6 is 0 Å². The molecule has 0 spiro atoms. The molecule has 116 valence electrons. The molecule has 0 aromatic heterocycles. The van der Waals surface area contributed by atoms with Gasteiger partial charge in [-0.3, -0.25) is 19.4 Å². The molecule has 0 saturated heterocycles. The number of hydrogen-bond donors (Lipinski definition) is 2. The zero-order valence-electron chi connectivity index (χ0n) is 11.2. The number of carboxylic acid groups (broad SMARTS) is 4. The van der Waals surface area contributed by atoms with Crippen LogP contribution in [0.3, 0.4) is 0 Å². The molecule has 21 heavy (non-hydrogen) atoms. The second-order valence-corrected chi connectivity index (χ2v) is 3.95. The van der Waals surface area contributed by atoms with Crippen molar-refractivity contribution in [2.75, 3.05) is 39.3 Å². The molecule has 0 aliphatic rings. The van der Waals surface area contributed by atoms with E-state index in [2.05, 4.69) is 0 Å². The summed E-state index contributed by atoms with van der Waals surface area (Å²) in [5, 5.41) is 38.0. The first-order valence-electron chi connectivity index (χ1n) is 5.48. The summed E-state index contributed by atoms with van der Waals surface area (Å²) in [6, 6.07) is 0. The second-order valence-electron chi connectivity index (χ2n) is 3.95. The Labute approximate surface area is 140 Å². The van der Waals surface area contributed by atoms with Crippen molar-refractivity contribution in [1.29, 1.82) is 0 Å². The minimum atomic E-state index is -1.49. The Morgan fingerprint density at radius 3 is 1.19 bits per heavy atom. The molecule has 0 radical (unpaired) electrons. The Bertz CT molecular complexity index is 321. The van der Waals surface area contributed by atoms with Gasteiger partial charge in [-0.2, -0.15) is 0 Å². The molecule has 0 fully saturated rings. The van der Waals surface area contributed by atoms with Gasteiger partial charge in [0.25, 0.3) is 0 Å². The SMILES string of the molecule is O=C([O-])CN(CCN(CC(=O)[O-])CC(=O)O)CC(=O)O.[Cd]. The summed E-state index contributed by atoms with van der Waals surface area (Å²) in [5.74, 6) is -5.52. The quantitative estimate of drug-likeness (QED) is 0.321. The van der Waals surface area contributed by atoms with E-state index >= 15 is 0 Å². The normalized spacial score (nSPS) is 10.2. The van der Waals surface area contributed by atoms with Gasteiger partial charge in [-0.1, -0.05) is 0 Å². The molecule has 0 bridgehead atoms. The maximum absolute atomic E-state index is 10.5. The van der Waals surface area contributed by atoms with Crippen LogP contribution in [0.1, 0.15) is 0 Å². The number of carbonyl (C=O) groups is 4. The molecule has 0 saturated carbocycles. The third-order valence-corrected chi connectivity index (χ3v) is 2.16. The van der Waals surface area contributed by atoms with E-state index in [0.29, 0.717) is 0 Å². The monoisotopic (exact) mass is 404 g/mol. The Hall–Kier alpha value is -1.28. The largest absolute Gasteiger partial charge is 0.549 e. The zero-order valence-corrected chi connectivity index (χ0v) is 15.2. The van der Waals surface area contributed by atoms with Crippen LogP contribution in [0.4, 0.5) is 0 Å². The first-order valence-corrected chi connectivity index (χ1v) is 5.48. The number of hydrogen-bond acceptors (Lipinski definition) is 8. The van der Waals surface area contributed by atoms with Crippen LogP contribution < -0.4 is 10.2 Å². The first-order chi connectivity index (χ1) is 9.20. The minimum absolute atomic E-state index is 0. The predicted octanol–water partition coefficient (Wildman–Crippen LogP) is -4.74. The number of carboxylic acids is 4. The van der Waals surface area contributed by atoms with Gasteiger partial charge in [-0.25, -0.2) is 0 Å². The number of carbonyl (C=O) groups excluding carboxylic acids is 2. The Balaban J connectivity index is 0. The molecule has 0 heterocycles. The van der Waals surface area contributed by atoms with Gasteiger partial charge in [0.2, 0.25) is 0 Å². The van der Waals surface area contributed by atoms with Gasteiger partial charge < -0.3 is 30.0 Å². The summed E-state index contributed by atoms with van der Waals surface area (Å²) in [5.41, 5.74) is 0. The van der Waals surface area contributed by atoms with E-state index in [1.54, 1.807) is 0 Å². The molecule has 0 amide bonds. The van der Waals surface area contributed by atoms with Crippen LogP contribution in [0.5, 0.6) is 0 Å². The van der Waals surface area contributed by atoms with Crippen molar-refractivity contribution >= 4 is 23.9 Å². The van der Waals surface area contributed by atoms with Crippen LogP contribution in [0.15, 0.2) is 0 Å². The summed E-state index contributed by atoms with van der Waals surface area (Å²) < 4.78 is 0. The van der Waals surface area contributed by atoms with Gasteiger partial charge in [-0.05, 0) is 0 Å². The van der Waals surface area contributed by atoms with Gasteiger partial charge >= 0.3 is 11.9 Å². The van der Waals surface area contributed by atoms with E-state index in [4.69, 9.17) is 10.2 Å². The van der Waals surface area contributed by atoms with Gasteiger partial charge in [-0.15, -0.1) is 0 Å². The topological polar surface area (TPSA) is 161 Å². The minimum Gasteiger partial charge on any atom is -0.549 e. The number of rotatable bonds is 11. The van der Waals surface area contributed by atoms with Crippen LogP contribution in [0.2, 0.25) is 0 Å². The average Bonchev–Trinajstić information content (AvgIpc) is 2.22. The van der Waals surface area contributed by atoms with Crippen LogP contribution in [-0.2, 0) is 46.5 Å². The third kappa shape index (κ3) is 13.5. The smallest absolute Gasteiger partial charge is 0.317 e. The van der Waals surface area contributed by atoms with Crippen LogP contribution in [0.25, 0.3) is 0 Å². The molecule has 0 aliphatic heterocycles. The molecule has 0 atom stereocenters. The molecule has 0 aromatic carbocycles. The summed E-state index contributed by atoms with van der Waals surface area (Å²) in [6.07, 6.45) is 0. The van der Waals surface area contributed by atoms with Gasteiger partial charge in [0.05, 0.1) is 25.0 Å². The average molecular weight is 403 g/mol. The molecular formula is C10H14CdN2O8-2. The Morgan fingerprint density at radius 1 is 0.714 bits per heavy atom. The van der Waals surface area contributed by atoms with Crippen molar-refractivity contribution < 1.29 is 66.9 Å². The van der Waals surface area contributed by atoms with Crippen molar-refractivity contribution in [3.63, 3.8) is 0 Å². The van der Waals surface area contributed by atoms with Gasteiger partial charge in [0.1, 0.15) is 0 Å². The van der Waals surface area contributed by atoms with Crippen LogP contribution in [-0.4, -0.2) is 83.2 Å². The van der Waals surface area contributed by atoms with E-state index in [1.807, 2.05) is 0 Å². The van der Waals surface area contributed by atoms with E-state index in [1.165, 1.54) is 0 Å². The summed E-state index contributed by atoms with van der Waals surface area (Å²) >= 11 is 0. The van der Waals surface area contributed by atoms with E-state index in [0.717, 1.165) is 9.80 Å². The molecule has 0 aliphatic carbocycles. The molecule has 11 heteroatoms. The van der Waals surface area contributed by atoms with Crippen molar-refractivity contribution in [1.82, 2.24) is 9.80 Å². The summed E-state index contributed by atoms with van der Waals surface area (Å²) in [4.78, 5) is 43.9. The molecular weight excluding hydrogens is 389 g/mol. The Morgan fingerprint density at radius 2 is 1.00 bits per heavy atom. The van der Waals surface area contributed by atoms with Crippen LogP contribution in [0, 0.1) is 0 Å². The first kappa shape index (κ1) is 22.0. The zero-order chi connectivity index (χ0) is 15.7. The van der Waals surface area contributed by atoms with Crippen molar-refractivity contribution in [3.8, 4) is 0 Å². The summed E-state index contributed by atoms with van der Waals surface area (Å²) in [7, 11) is 0. The molecule has 0 aromatic rings. The third-order valence-electron chi connectivity index (χ3n) is 2.16. The van der Waals surface area contributed by atoms with E-state index in [-0.39, 0.29) is 40.4 Å². The van der Waals surface area contributed by atoms with Gasteiger partial charge in [0, 0.05) is 53.5 Å². The Kier molecular flexibility index (Phi) is 11.9. The molecule has 0 rings (SSSR count). The fraction of sp³-hybridized carbons (Fsp3) is 0.600. The number of aliphatic carboxylic acids is 4. The summed E-state index contributed by atoms with van der Waals surface area (Å²) in [6.45, 7) is -2.75.